The third-order valence-corrected chi connectivity index (χ3v) is 3.74. The average molecular weight is 290 g/mol. The Morgan fingerprint density at radius 3 is 2.60 bits per heavy atom. The molecule has 0 bridgehead atoms. The van der Waals surface area contributed by atoms with Crippen molar-refractivity contribution in [3.63, 3.8) is 0 Å². The van der Waals surface area contributed by atoms with Gasteiger partial charge in [-0.1, -0.05) is 48.9 Å². The van der Waals surface area contributed by atoms with Crippen molar-refractivity contribution >= 4 is 22.4 Å². The monoisotopic (exact) mass is 290 g/mol. The van der Waals surface area contributed by atoms with Crippen LogP contribution in [0, 0.1) is 0 Å². The summed E-state index contributed by atoms with van der Waals surface area (Å²) in [6, 6.07) is 8.07. The van der Waals surface area contributed by atoms with Crippen molar-refractivity contribution in [1.29, 1.82) is 0 Å². The molecule has 0 spiro atoms. The molecule has 1 aromatic heterocycles. The number of nitrogens with zero attached hydrogens (tertiary/aromatic N) is 1. The molecule has 1 heterocycles. The first kappa shape index (κ1) is 14.5. The summed E-state index contributed by atoms with van der Waals surface area (Å²) in [5.41, 5.74) is 8.50. The molecule has 20 heavy (non-hydrogen) atoms. The van der Waals surface area contributed by atoms with Gasteiger partial charge in [-0.2, -0.15) is 0 Å². The van der Waals surface area contributed by atoms with Crippen molar-refractivity contribution in [3.8, 4) is 11.3 Å². The summed E-state index contributed by atoms with van der Waals surface area (Å²) in [6.45, 7) is 4.26. The molecule has 0 saturated heterocycles. The van der Waals surface area contributed by atoms with Crippen LogP contribution in [0.25, 0.3) is 11.3 Å². The highest BCUT2D eigenvalue weighted by Gasteiger charge is 2.19. The number of aryl methyl sites for hydroxylation is 1. The molecule has 0 aliphatic carbocycles. The SMILES string of the molecule is CCCc1ccc(-c2nc(N)sc2C(=O)OCC)cc1. The number of thiazole rings is 1. The van der Waals surface area contributed by atoms with E-state index in [2.05, 4.69) is 24.0 Å². The van der Waals surface area contributed by atoms with Gasteiger partial charge in [-0.05, 0) is 18.9 Å². The molecule has 0 amide bonds. The number of rotatable bonds is 5. The minimum absolute atomic E-state index is 0.339. The molecule has 0 aliphatic rings. The van der Waals surface area contributed by atoms with Crippen LogP contribution in [0.4, 0.5) is 5.13 Å². The van der Waals surface area contributed by atoms with E-state index < -0.39 is 0 Å². The minimum Gasteiger partial charge on any atom is -0.462 e. The Balaban J connectivity index is 2.34. The number of anilines is 1. The number of hydrogen-bond donors (Lipinski definition) is 1. The normalized spacial score (nSPS) is 10.5. The zero-order valence-electron chi connectivity index (χ0n) is 11.7. The molecule has 1 aromatic carbocycles. The third-order valence-electron chi connectivity index (χ3n) is 2.87. The molecule has 2 rings (SSSR count). The number of benzene rings is 1. The van der Waals surface area contributed by atoms with Gasteiger partial charge in [-0.15, -0.1) is 0 Å². The predicted molar refractivity (Wildman–Crippen MR) is 81.9 cm³/mol. The van der Waals surface area contributed by atoms with Gasteiger partial charge in [0.2, 0.25) is 0 Å². The fourth-order valence-corrected chi connectivity index (χ4v) is 2.73. The van der Waals surface area contributed by atoms with E-state index in [1.54, 1.807) is 6.92 Å². The van der Waals surface area contributed by atoms with E-state index in [4.69, 9.17) is 10.5 Å². The number of carbonyl (C=O) groups is 1. The van der Waals surface area contributed by atoms with Crippen LogP contribution in [0.2, 0.25) is 0 Å². The zero-order valence-corrected chi connectivity index (χ0v) is 12.5. The van der Waals surface area contributed by atoms with Gasteiger partial charge in [-0.25, -0.2) is 9.78 Å². The van der Waals surface area contributed by atoms with E-state index in [9.17, 15) is 4.79 Å². The van der Waals surface area contributed by atoms with Gasteiger partial charge in [-0.3, -0.25) is 0 Å². The molecular weight excluding hydrogens is 272 g/mol. The standard InChI is InChI=1S/C15H18N2O2S/c1-3-5-10-6-8-11(9-7-10)12-13(14(18)19-4-2)20-15(16)17-12/h6-9H,3-5H2,1-2H3,(H2,16,17). The van der Waals surface area contributed by atoms with Gasteiger partial charge in [0.05, 0.1) is 12.3 Å². The van der Waals surface area contributed by atoms with Crippen LogP contribution < -0.4 is 5.73 Å². The lowest BCUT2D eigenvalue weighted by Gasteiger charge is -2.04. The Labute approximate surface area is 122 Å². The average Bonchev–Trinajstić information content (AvgIpc) is 2.82. The number of nitrogens with two attached hydrogens (primary N) is 1. The summed E-state index contributed by atoms with van der Waals surface area (Å²) in [4.78, 5) is 16.6. The van der Waals surface area contributed by atoms with Crippen molar-refractivity contribution in [3.05, 3.63) is 34.7 Å². The number of carbonyl (C=O) groups excluding carboxylic acids is 1. The largest absolute Gasteiger partial charge is 0.462 e. The number of ether oxygens (including phenoxy) is 1. The first-order valence-electron chi connectivity index (χ1n) is 6.68. The van der Waals surface area contributed by atoms with Crippen LogP contribution in [0.3, 0.4) is 0 Å². The van der Waals surface area contributed by atoms with Gasteiger partial charge >= 0.3 is 5.97 Å². The molecule has 106 valence electrons. The zero-order chi connectivity index (χ0) is 14.5. The molecule has 5 heteroatoms. The van der Waals surface area contributed by atoms with Crippen LogP contribution >= 0.6 is 11.3 Å². The summed E-state index contributed by atoms with van der Waals surface area (Å²) >= 11 is 1.16. The molecule has 2 N–H and O–H groups in total. The Morgan fingerprint density at radius 1 is 1.30 bits per heavy atom. The van der Waals surface area contributed by atoms with E-state index in [1.165, 1.54) is 5.56 Å². The molecule has 4 nitrogen and oxygen atoms in total. The summed E-state index contributed by atoms with van der Waals surface area (Å²) in [7, 11) is 0. The maximum absolute atomic E-state index is 11.9. The van der Waals surface area contributed by atoms with Gasteiger partial charge in [0.25, 0.3) is 0 Å². The minimum atomic E-state index is -0.366. The van der Waals surface area contributed by atoms with Crippen LogP contribution in [-0.4, -0.2) is 17.6 Å². The highest BCUT2D eigenvalue weighted by atomic mass is 32.1. The van der Waals surface area contributed by atoms with Crippen molar-refractivity contribution in [2.24, 2.45) is 0 Å². The summed E-state index contributed by atoms with van der Waals surface area (Å²) in [6.07, 6.45) is 2.15. The molecule has 2 aromatic rings. The third kappa shape index (κ3) is 3.17. The van der Waals surface area contributed by atoms with Crippen LogP contribution in [-0.2, 0) is 11.2 Å². The quantitative estimate of drug-likeness (QED) is 0.856. The smallest absolute Gasteiger partial charge is 0.350 e. The number of hydrogen-bond acceptors (Lipinski definition) is 5. The molecule has 0 unspecified atom stereocenters. The van der Waals surface area contributed by atoms with Crippen molar-refractivity contribution in [1.82, 2.24) is 4.98 Å². The molecule has 0 radical (unpaired) electrons. The van der Waals surface area contributed by atoms with E-state index in [0.717, 1.165) is 29.7 Å². The van der Waals surface area contributed by atoms with Crippen LogP contribution in [0.15, 0.2) is 24.3 Å². The summed E-state index contributed by atoms with van der Waals surface area (Å²) in [5, 5.41) is 0.376. The summed E-state index contributed by atoms with van der Waals surface area (Å²) in [5.74, 6) is -0.366. The second kappa shape index (κ2) is 6.52. The second-order valence-corrected chi connectivity index (χ2v) is 5.43. The predicted octanol–water partition coefficient (Wildman–Crippen LogP) is 3.52. The molecular formula is C15H18N2O2S. The first-order valence-corrected chi connectivity index (χ1v) is 7.50. The lowest BCUT2D eigenvalue weighted by atomic mass is 10.1. The van der Waals surface area contributed by atoms with Crippen LogP contribution in [0.1, 0.15) is 35.5 Å². The summed E-state index contributed by atoms with van der Waals surface area (Å²) < 4.78 is 5.04. The topological polar surface area (TPSA) is 65.2 Å². The first-order chi connectivity index (χ1) is 9.65. The fourth-order valence-electron chi connectivity index (χ4n) is 1.99. The molecule has 0 atom stereocenters. The Kier molecular flexibility index (Phi) is 4.74. The lowest BCUT2D eigenvalue weighted by molar-refractivity contribution is 0.0532. The Morgan fingerprint density at radius 2 is 2.00 bits per heavy atom. The highest BCUT2D eigenvalue weighted by molar-refractivity contribution is 7.17. The number of nitrogen functional groups attached to an aromatic ring is 1. The lowest BCUT2D eigenvalue weighted by Crippen LogP contribution is -2.04. The van der Waals surface area contributed by atoms with E-state index >= 15 is 0 Å². The number of esters is 1. The van der Waals surface area contributed by atoms with Gasteiger partial charge < -0.3 is 10.5 Å². The van der Waals surface area contributed by atoms with Crippen molar-refractivity contribution in [2.75, 3.05) is 12.3 Å². The van der Waals surface area contributed by atoms with Gasteiger partial charge in [0, 0.05) is 5.56 Å². The highest BCUT2D eigenvalue weighted by Crippen LogP contribution is 2.30. The molecule has 0 aliphatic heterocycles. The maximum Gasteiger partial charge on any atom is 0.350 e. The second-order valence-electron chi connectivity index (χ2n) is 4.40. The van der Waals surface area contributed by atoms with Crippen molar-refractivity contribution < 1.29 is 9.53 Å². The van der Waals surface area contributed by atoms with Gasteiger partial charge in [0.15, 0.2) is 5.13 Å². The molecule has 0 saturated carbocycles. The fraction of sp³-hybridized carbons (Fsp3) is 0.333. The maximum atomic E-state index is 11.9. The van der Waals surface area contributed by atoms with Crippen molar-refractivity contribution in [2.45, 2.75) is 26.7 Å². The van der Waals surface area contributed by atoms with Gasteiger partial charge in [0.1, 0.15) is 4.88 Å². The van der Waals surface area contributed by atoms with Crippen LogP contribution in [0.5, 0.6) is 0 Å². The molecule has 0 fully saturated rings. The van der Waals surface area contributed by atoms with E-state index in [-0.39, 0.29) is 5.97 Å². The Hall–Kier alpha value is -1.88. The number of aromatic nitrogens is 1. The van der Waals surface area contributed by atoms with E-state index in [1.807, 2.05) is 12.1 Å². The van der Waals surface area contributed by atoms with E-state index in [0.29, 0.717) is 22.3 Å². The Bertz CT molecular complexity index is 590.